The summed E-state index contributed by atoms with van der Waals surface area (Å²) in [6.07, 6.45) is 4.22. The van der Waals surface area contributed by atoms with Gasteiger partial charge in [0.2, 0.25) is 0 Å². The summed E-state index contributed by atoms with van der Waals surface area (Å²) in [4.78, 5) is 22.0. The Morgan fingerprint density at radius 1 is 1.37 bits per heavy atom. The lowest BCUT2D eigenvalue weighted by Gasteiger charge is -2.07. The van der Waals surface area contributed by atoms with Gasteiger partial charge in [0.25, 0.3) is 11.6 Å². The first kappa shape index (κ1) is 14.9. The predicted octanol–water partition coefficient (Wildman–Crippen LogP) is 2.49. The van der Waals surface area contributed by atoms with E-state index in [4.69, 9.17) is 5.73 Å². The van der Waals surface area contributed by atoms with E-state index in [2.05, 4.69) is 12.2 Å². The van der Waals surface area contributed by atoms with Crippen molar-refractivity contribution in [2.75, 3.05) is 12.3 Å². The molecule has 1 aromatic rings. The number of hydrogen-bond donors (Lipinski definition) is 2. The largest absolute Gasteiger partial charge is 0.393 e. The molecule has 0 saturated carbocycles. The lowest BCUT2D eigenvalue weighted by atomic mass is 10.1. The van der Waals surface area contributed by atoms with Crippen LogP contribution in [0.3, 0.4) is 0 Å². The summed E-state index contributed by atoms with van der Waals surface area (Å²) in [5.74, 6) is -0.363. The van der Waals surface area contributed by atoms with E-state index in [-0.39, 0.29) is 22.8 Å². The predicted molar refractivity (Wildman–Crippen MR) is 74.0 cm³/mol. The fourth-order valence-electron chi connectivity index (χ4n) is 1.76. The molecule has 0 radical (unpaired) electrons. The number of amides is 1. The standard InChI is InChI=1S/C13H19N3O3/c1-2-3-4-5-9-15-13(17)10-7-6-8-11(12(10)14)16(18)19/h6-8H,2-5,9,14H2,1H3,(H,15,17). The molecule has 0 saturated heterocycles. The van der Waals surface area contributed by atoms with Gasteiger partial charge in [-0.3, -0.25) is 14.9 Å². The van der Waals surface area contributed by atoms with Crippen molar-refractivity contribution < 1.29 is 9.72 Å². The van der Waals surface area contributed by atoms with Gasteiger partial charge < -0.3 is 11.1 Å². The fourth-order valence-corrected chi connectivity index (χ4v) is 1.76. The van der Waals surface area contributed by atoms with Crippen molar-refractivity contribution in [1.82, 2.24) is 5.32 Å². The van der Waals surface area contributed by atoms with Gasteiger partial charge in [-0.1, -0.05) is 32.3 Å². The number of nitrogens with zero attached hydrogens (tertiary/aromatic N) is 1. The Labute approximate surface area is 112 Å². The van der Waals surface area contributed by atoms with Gasteiger partial charge in [-0.25, -0.2) is 0 Å². The molecule has 0 spiro atoms. The highest BCUT2D eigenvalue weighted by atomic mass is 16.6. The molecule has 3 N–H and O–H groups in total. The Bertz CT molecular complexity index is 460. The summed E-state index contributed by atoms with van der Waals surface area (Å²) in [5, 5.41) is 13.4. The Morgan fingerprint density at radius 3 is 2.74 bits per heavy atom. The molecule has 0 heterocycles. The number of nitro benzene ring substituents is 1. The van der Waals surface area contributed by atoms with Gasteiger partial charge in [0, 0.05) is 12.6 Å². The van der Waals surface area contributed by atoms with E-state index in [0.717, 1.165) is 25.7 Å². The summed E-state index contributed by atoms with van der Waals surface area (Å²) in [7, 11) is 0. The molecule has 0 aliphatic rings. The molecule has 0 aromatic heterocycles. The fraction of sp³-hybridized carbons (Fsp3) is 0.462. The second-order valence-electron chi connectivity index (χ2n) is 4.31. The van der Waals surface area contributed by atoms with Crippen LogP contribution in [0.2, 0.25) is 0 Å². The number of anilines is 1. The van der Waals surface area contributed by atoms with E-state index in [0.29, 0.717) is 6.54 Å². The first-order valence-electron chi connectivity index (χ1n) is 6.39. The lowest BCUT2D eigenvalue weighted by molar-refractivity contribution is -0.383. The lowest BCUT2D eigenvalue weighted by Crippen LogP contribution is -2.25. The molecule has 19 heavy (non-hydrogen) atoms. The van der Waals surface area contributed by atoms with E-state index in [1.807, 2.05) is 0 Å². The maximum atomic E-state index is 11.9. The number of nitrogens with one attached hydrogen (secondary N) is 1. The molecule has 0 fully saturated rings. The summed E-state index contributed by atoms with van der Waals surface area (Å²) in [6.45, 7) is 2.67. The van der Waals surface area contributed by atoms with Gasteiger partial charge in [0.05, 0.1) is 10.5 Å². The number of hydrogen-bond acceptors (Lipinski definition) is 4. The topological polar surface area (TPSA) is 98.3 Å². The Balaban J connectivity index is 2.62. The van der Waals surface area contributed by atoms with Crippen LogP contribution in [0.5, 0.6) is 0 Å². The third-order valence-electron chi connectivity index (χ3n) is 2.84. The van der Waals surface area contributed by atoms with Crippen molar-refractivity contribution in [2.45, 2.75) is 32.6 Å². The average molecular weight is 265 g/mol. The SMILES string of the molecule is CCCCCCNC(=O)c1cccc([N+](=O)[O-])c1N. The average Bonchev–Trinajstić information content (AvgIpc) is 2.38. The van der Waals surface area contributed by atoms with Crippen molar-refractivity contribution in [1.29, 1.82) is 0 Å². The number of unbranched alkanes of at least 4 members (excludes halogenated alkanes) is 3. The van der Waals surface area contributed by atoms with Crippen LogP contribution in [0.4, 0.5) is 11.4 Å². The zero-order chi connectivity index (χ0) is 14.3. The molecule has 1 amide bonds. The van der Waals surface area contributed by atoms with Crippen molar-refractivity contribution in [2.24, 2.45) is 0 Å². The van der Waals surface area contributed by atoms with Gasteiger partial charge in [0.1, 0.15) is 5.69 Å². The molecular formula is C13H19N3O3. The van der Waals surface area contributed by atoms with Crippen molar-refractivity contribution in [3.63, 3.8) is 0 Å². The summed E-state index contributed by atoms with van der Waals surface area (Å²) < 4.78 is 0. The van der Waals surface area contributed by atoms with Gasteiger partial charge in [-0.2, -0.15) is 0 Å². The highest BCUT2D eigenvalue weighted by Gasteiger charge is 2.18. The third kappa shape index (κ3) is 4.24. The van der Waals surface area contributed by atoms with Crippen LogP contribution in [0, 0.1) is 10.1 Å². The molecule has 0 aliphatic carbocycles. The van der Waals surface area contributed by atoms with Crippen LogP contribution in [-0.2, 0) is 0 Å². The van der Waals surface area contributed by atoms with Crippen LogP contribution in [0.15, 0.2) is 18.2 Å². The van der Waals surface area contributed by atoms with Gasteiger partial charge >= 0.3 is 0 Å². The first-order valence-corrected chi connectivity index (χ1v) is 6.39. The molecule has 6 nitrogen and oxygen atoms in total. The van der Waals surface area contributed by atoms with Crippen LogP contribution in [-0.4, -0.2) is 17.4 Å². The zero-order valence-electron chi connectivity index (χ0n) is 11.0. The zero-order valence-corrected chi connectivity index (χ0v) is 11.0. The van der Waals surface area contributed by atoms with E-state index >= 15 is 0 Å². The molecule has 0 aliphatic heterocycles. The molecule has 6 heteroatoms. The maximum absolute atomic E-state index is 11.9. The number of benzene rings is 1. The van der Waals surface area contributed by atoms with Gasteiger partial charge in [-0.15, -0.1) is 0 Å². The van der Waals surface area contributed by atoms with Crippen LogP contribution >= 0.6 is 0 Å². The van der Waals surface area contributed by atoms with Crippen LogP contribution in [0.25, 0.3) is 0 Å². The smallest absolute Gasteiger partial charge is 0.292 e. The van der Waals surface area contributed by atoms with E-state index in [1.165, 1.54) is 18.2 Å². The van der Waals surface area contributed by atoms with Gasteiger partial charge in [-0.05, 0) is 12.5 Å². The third-order valence-corrected chi connectivity index (χ3v) is 2.84. The van der Waals surface area contributed by atoms with Crippen molar-refractivity contribution in [3.05, 3.63) is 33.9 Å². The minimum absolute atomic E-state index is 0.0847. The number of nitro groups is 1. The van der Waals surface area contributed by atoms with Crippen LogP contribution < -0.4 is 11.1 Å². The van der Waals surface area contributed by atoms with E-state index in [1.54, 1.807) is 0 Å². The first-order chi connectivity index (χ1) is 9.07. The maximum Gasteiger partial charge on any atom is 0.292 e. The molecule has 0 unspecified atom stereocenters. The number of nitrogens with two attached hydrogens (primary N) is 1. The highest BCUT2D eigenvalue weighted by Crippen LogP contribution is 2.24. The molecule has 0 atom stereocenters. The number of nitrogen functional groups attached to an aromatic ring is 1. The van der Waals surface area contributed by atoms with Crippen LogP contribution in [0.1, 0.15) is 43.0 Å². The highest BCUT2D eigenvalue weighted by molar-refractivity contribution is 6.00. The summed E-state index contributed by atoms with van der Waals surface area (Å²) >= 11 is 0. The minimum Gasteiger partial charge on any atom is -0.393 e. The molecular weight excluding hydrogens is 246 g/mol. The van der Waals surface area contributed by atoms with E-state index in [9.17, 15) is 14.9 Å². The number of rotatable bonds is 7. The van der Waals surface area contributed by atoms with E-state index < -0.39 is 4.92 Å². The molecule has 1 aromatic carbocycles. The van der Waals surface area contributed by atoms with Crippen molar-refractivity contribution >= 4 is 17.3 Å². The van der Waals surface area contributed by atoms with Gasteiger partial charge in [0.15, 0.2) is 0 Å². The Kier molecular flexibility index (Phi) is 5.78. The Morgan fingerprint density at radius 2 is 2.11 bits per heavy atom. The summed E-state index contributed by atoms with van der Waals surface area (Å²) in [5.41, 5.74) is 5.47. The van der Waals surface area contributed by atoms with Crippen molar-refractivity contribution in [3.8, 4) is 0 Å². The second-order valence-corrected chi connectivity index (χ2v) is 4.31. The minimum atomic E-state index is -0.590. The quantitative estimate of drug-likeness (QED) is 0.342. The number of carbonyl (C=O) groups excluding carboxylic acids is 1. The normalized spacial score (nSPS) is 10.2. The Hall–Kier alpha value is -2.11. The number of carbonyl (C=O) groups is 1. The monoisotopic (exact) mass is 265 g/mol. The summed E-state index contributed by atoms with van der Waals surface area (Å²) in [6, 6.07) is 4.23. The molecule has 0 bridgehead atoms. The molecule has 1 rings (SSSR count). The second kappa shape index (κ2) is 7.35. The number of para-hydroxylation sites is 1. The molecule has 104 valence electrons.